The van der Waals surface area contributed by atoms with Crippen LogP contribution in [0.25, 0.3) is 6.08 Å². The van der Waals surface area contributed by atoms with Crippen LogP contribution in [0.15, 0.2) is 72.3 Å². The number of carbonyl (C=O) groups is 1. The minimum atomic E-state index is -0.505. The maximum absolute atomic E-state index is 13.9. The lowest BCUT2D eigenvalue weighted by Crippen LogP contribution is -2.13. The molecule has 1 amide bonds. The quantitative estimate of drug-likeness (QED) is 0.370. The van der Waals surface area contributed by atoms with Crippen LogP contribution in [0.4, 0.5) is 10.1 Å². The molecule has 0 fully saturated rings. The van der Waals surface area contributed by atoms with Gasteiger partial charge in [0, 0.05) is 11.3 Å². The topological polar surface area (TPSA) is 71.3 Å². The van der Waals surface area contributed by atoms with E-state index in [9.17, 15) is 14.4 Å². The number of hydrogen-bond acceptors (Lipinski definition) is 4. The van der Waals surface area contributed by atoms with Gasteiger partial charge in [-0.05, 0) is 55.8 Å². The molecule has 0 aliphatic heterocycles. The van der Waals surface area contributed by atoms with Crippen molar-refractivity contribution in [2.24, 2.45) is 0 Å². The van der Waals surface area contributed by atoms with Gasteiger partial charge in [0.15, 0.2) is 11.5 Å². The Labute approximate surface area is 186 Å². The largest absolute Gasteiger partial charge is 0.490 e. The minimum absolute atomic E-state index is 0.0460. The molecule has 0 aromatic heterocycles. The van der Waals surface area contributed by atoms with Crippen molar-refractivity contribution in [3.63, 3.8) is 0 Å². The minimum Gasteiger partial charge on any atom is -0.490 e. The molecule has 162 valence electrons. The molecule has 0 radical (unpaired) electrons. The maximum Gasteiger partial charge on any atom is 0.266 e. The molecule has 0 bridgehead atoms. The van der Waals surface area contributed by atoms with Crippen molar-refractivity contribution in [2.45, 2.75) is 20.5 Å². The Morgan fingerprint density at radius 2 is 1.81 bits per heavy atom. The van der Waals surface area contributed by atoms with Gasteiger partial charge in [-0.25, -0.2) is 4.39 Å². The zero-order valence-corrected chi connectivity index (χ0v) is 17.9. The molecule has 0 heterocycles. The number of benzene rings is 3. The van der Waals surface area contributed by atoms with Crippen LogP contribution < -0.4 is 14.8 Å². The first-order valence-corrected chi connectivity index (χ1v) is 10.1. The molecular weight excluding hydrogens is 407 g/mol. The fourth-order valence-electron chi connectivity index (χ4n) is 2.92. The highest BCUT2D eigenvalue weighted by Gasteiger charge is 2.12. The zero-order chi connectivity index (χ0) is 22.9. The lowest BCUT2D eigenvalue weighted by atomic mass is 10.1. The van der Waals surface area contributed by atoms with E-state index in [-0.39, 0.29) is 18.0 Å². The number of amides is 1. The Morgan fingerprint density at radius 3 is 2.50 bits per heavy atom. The van der Waals surface area contributed by atoms with E-state index in [1.807, 2.05) is 32.0 Å². The van der Waals surface area contributed by atoms with Crippen LogP contribution in [-0.4, -0.2) is 12.5 Å². The molecule has 3 aromatic carbocycles. The van der Waals surface area contributed by atoms with Crippen molar-refractivity contribution in [1.82, 2.24) is 0 Å². The van der Waals surface area contributed by atoms with Crippen molar-refractivity contribution in [3.8, 4) is 17.6 Å². The number of anilines is 1. The number of rotatable bonds is 8. The second-order valence-electron chi connectivity index (χ2n) is 7.01. The van der Waals surface area contributed by atoms with Gasteiger partial charge < -0.3 is 14.8 Å². The highest BCUT2D eigenvalue weighted by molar-refractivity contribution is 6.09. The van der Waals surface area contributed by atoms with E-state index < -0.39 is 5.91 Å². The smallest absolute Gasteiger partial charge is 0.266 e. The van der Waals surface area contributed by atoms with Crippen LogP contribution in [0.3, 0.4) is 0 Å². The zero-order valence-electron chi connectivity index (χ0n) is 17.9. The first kappa shape index (κ1) is 22.6. The first-order chi connectivity index (χ1) is 15.5. The Morgan fingerprint density at radius 1 is 1.06 bits per heavy atom. The monoisotopic (exact) mass is 430 g/mol. The molecule has 5 nitrogen and oxygen atoms in total. The van der Waals surface area contributed by atoms with Crippen LogP contribution in [0.2, 0.25) is 0 Å². The second-order valence-corrected chi connectivity index (χ2v) is 7.01. The van der Waals surface area contributed by atoms with Crippen molar-refractivity contribution in [3.05, 3.63) is 94.8 Å². The predicted molar refractivity (Wildman–Crippen MR) is 122 cm³/mol. The summed E-state index contributed by atoms with van der Waals surface area (Å²) in [5.41, 5.74) is 2.65. The molecule has 6 heteroatoms. The van der Waals surface area contributed by atoms with E-state index in [4.69, 9.17) is 9.47 Å². The van der Waals surface area contributed by atoms with Gasteiger partial charge in [-0.2, -0.15) is 5.26 Å². The van der Waals surface area contributed by atoms with Gasteiger partial charge >= 0.3 is 0 Å². The summed E-state index contributed by atoms with van der Waals surface area (Å²) in [6.45, 7) is 4.22. The molecule has 0 aliphatic rings. The highest BCUT2D eigenvalue weighted by Crippen LogP contribution is 2.30. The van der Waals surface area contributed by atoms with Crippen molar-refractivity contribution >= 4 is 17.7 Å². The Hall–Kier alpha value is -4.11. The summed E-state index contributed by atoms with van der Waals surface area (Å²) in [7, 11) is 0. The standard InChI is InChI=1S/C26H23FN2O3/c1-3-31-25-15-19(10-13-24(25)32-17-20-6-4-5-7-23(20)27)14-21(16-28)26(30)29-22-11-8-18(2)9-12-22/h4-15H,3,17H2,1-2H3,(H,29,30)/b21-14+. The van der Waals surface area contributed by atoms with E-state index in [2.05, 4.69) is 5.32 Å². The van der Waals surface area contributed by atoms with Gasteiger partial charge in [-0.3, -0.25) is 4.79 Å². The van der Waals surface area contributed by atoms with Gasteiger partial charge in [-0.15, -0.1) is 0 Å². The fraction of sp³-hybridized carbons (Fsp3) is 0.154. The number of nitrogens with one attached hydrogen (secondary N) is 1. The number of ether oxygens (including phenoxy) is 2. The summed E-state index contributed by atoms with van der Waals surface area (Å²) in [5.74, 6) is 0.0288. The maximum atomic E-state index is 13.9. The molecule has 0 aliphatic carbocycles. The summed E-state index contributed by atoms with van der Waals surface area (Å²) >= 11 is 0. The van der Waals surface area contributed by atoms with Gasteiger partial charge in [0.1, 0.15) is 24.1 Å². The average molecular weight is 430 g/mol. The number of carbonyl (C=O) groups excluding carboxylic acids is 1. The van der Waals surface area contributed by atoms with E-state index in [1.54, 1.807) is 48.5 Å². The van der Waals surface area contributed by atoms with Crippen molar-refractivity contribution in [2.75, 3.05) is 11.9 Å². The van der Waals surface area contributed by atoms with Crippen LogP contribution in [0, 0.1) is 24.1 Å². The average Bonchev–Trinajstić information content (AvgIpc) is 2.79. The lowest BCUT2D eigenvalue weighted by molar-refractivity contribution is -0.112. The fourth-order valence-corrected chi connectivity index (χ4v) is 2.92. The molecule has 1 N–H and O–H groups in total. The summed E-state index contributed by atoms with van der Waals surface area (Å²) < 4.78 is 25.2. The number of hydrogen-bond donors (Lipinski definition) is 1. The molecule has 0 unspecified atom stereocenters. The number of halogens is 1. The second kappa shape index (κ2) is 10.8. The Kier molecular flexibility index (Phi) is 7.60. The SMILES string of the molecule is CCOc1cc(/C=C(\C#N)C(=O)Nc2ccc(C)cc2)ccc1OCc1ccccc1F. The van der Waals surface area contributed by atoms with Gasteiger partial charge in [0.05, 0.1) is 6.61 Å². The highest BCUT2D eigenvalue weighted by atomic mass is 19.1. The number of nitriles is 1. The number of nitrogens with zero attached hydrogens (tertiary/aromatic N) is 1. The molecule has 0 saturated carbocycles. The number of aryl methyl sites for hydroxylation is 1. The van der Waals surface area contributed by atoms with Crippen LogP contribution in [0.1, 0.15) is 23.6 Å². The molecule has 3 aromatic rings. The van der Waals surface area contributed by atoms with Crippen LogP contribution >= 0.6 is 0 Å². The van der Waals surface area contributed by atoms with Crippen LogP contribution in [0.5, 0.6) is 11.5 Å². The summed E-state index contributed by atoms with van der Waals surface area (Å²) in [6.07, 6.45) is 1.48. The van der Waals surface area contributed by atoms with E-state index >= 15 is 0 Å². The van der Waals surface area contributed by atoms with E-state index in [1.165, 1.54) is 12.1 Å². The normalized spacial score (nSPS) is 10.9. The van der Waals surface area contributed by atoms with Crippen LogP contribution in [-0.2, 0) is 11.4 Å². The third-order valence-electron chi connectivity index (χ3n) is 4.59. The Balaban J connectivity index is 1.78. The Bertz CT molecular complexity index is 1160. The molecule has 3 rings (SSSR count). The third-order valence-corrected chi connectivity index (χ3v) is 4.59. The molecule has 32 heavy (non-hydrogen) atoms. The summed E-state index contributed by atoms with van der Waals surface area (Å²) in [6, 6.07) is 20.7. The first-order valence-electron chi connectivity index (χ1n) is 10.1. The predicted octanol–water partition coefficient (Wildman–Crippen LogP) is 5.66. The molecular formula is C26H23FN2O3. The third kappa shape index (κ3) is 5.96. The van der Waals surface area contributed by atoms with Gasteiger partial charge in [0.25, 0.3) is 5.91 Å². The van der Waals surface area contributed by atoms with Crippen molar-refractivity contribution in [1.29, 1.82) is 5.26 Å². The molecule has 0 atom stereocenters. The molecule has 0 saturated heterocycles. The molecule has 0 spiro atoms. The van der Waals surface area contributed by atoms with Gasteiger partial charge in [-0.1, -0.05) is 42.0 Å². The van der Waals surface area contributed by atoms with E-state index in [0.29, 0.717) is 34.9 Å². The lowest BCUT2D eigenvalue weighted by Gasteiger charge is -2.13. The summed E-state index contributed by atoms with van der Waals surface area (Å²) in [5, 5.41) is 12.2. The van der Waals surface area contributed by atoms with Gasteiger partial charge in [0.2, 0.25) is 0 Å². The van der Waals surface area contributed by atoms with Crippen molar-refractivity contribution < 1.29 is 18.7 Å². The van der Waals surface area contributed by atoms with E-state index in [0.717, 1.165) is 5.56 Å². The summed E-state index contributed by atoms with van der Waals surface area (Å²) in [4.78, 5) is 12.5.